The van der Waals surface area contributed by atoms with Crippen LogP contribution in [0.4, 0.5) is 0 Å². The predicted molar refractivity (Wildman–Crippen MR) is 405 cm³/mol. The molecule has 0 saturated carbocycles. The lowest BCUT2D eigenvalue weighted by molar-refractivity contribution is 0.426. The van der Waals surface area contributed by atoms with E-state index in [-0.39, 0.29) is 0 Å². The van der Waals surface area contributed by atoms with Gasteiger partial charge in [0.15, 0.2) is 0 Å². The quantitative estimate of drug-likeness (QED) is 0.163. The number of fused-ring (bicyclic) bond motifs is 20. The topological polar surface area (TPSA) is 60.2 Å². The van der Waals surface area contributed by atoms with E-state index in [1.54, 1.807) is 6.07 Å². The monoisotopic (exact) mass is 1300 g/mol. The Balaban J connectivity index is 0.000000113. The molecule has 20 rings (SSSR count). The molecule has 10 heteroatoms. The Morgan fingerprint density at radius 2 is 0.606 bits per heavy atom. The van der Waals surface area contributed by atoms with E-state index < -0.39 is 7.12 Å². The van der Waals surface area contributed by atoms with Gasteiger partial charge in [-0.3, -0.25) is 0 Å². The average Bonchev–Trinajstić information content (AvgIpc) is 1.55. The number of nitrogens with zero attached hydrogens (tertiary/aromatic N) is 4. The van der Waals surface area contributed by atoms with Crippen LogP contribution in [0.15, 0.2) is 320 Å². The molecule has 6 aromatic heterocycles. The van der Waals surface area contributed by atoms with Crippen LogP contribution in [0.25, 0.3) is 161 Å². The zero-order chi connectivity index (χ0) is 62.5. The maximum atomic E-state index is 9.76. The van der Waals surface area contributed by atoms with E-state index >= 15 is 0 Å². The maximum absolute atomic E-state index is 9.76. The average molecular weight is 1310 g/mol. The Bertz CT molecular complexity index is 6350. The van der Waals surface area contributed by atoms with Crippen LogP contribution in [0.2, 0.25) is 0 Å². The fraction of sp³-hybridized carbons (Fsp3) is 0. The molecule has 0 bridgehead atoms. The molecule has 0 atom stereocenters. The Morgan fingerprint density at radius 3 is 1.09 bits per heavy atom. The first-order valence-electron chi connectivity index (χ1n) is 31.5. The van der Waals surface area contributed by atoms with Gasteiger partial charge in [-0.2, -0.15) is 0 Å². The van der Waals surface area contributed by atoms with Crippen molar-refractivity contribution in [2.45, 2.75) is 0 Å². The minimum absolute atomic E-state index is 0.512. The van der Waals surface area contributed by atoms with E-state index in [1.165, 1.54) is 134 Å². The largest absolute Gasteiger partial charge is 0.490 e. The molecule has 0 spiro atoms. The van der Waals surface area contributed by atoms with Crippen LogP contribution >= 0.6 is 38.6 Å². The van der Waals surface area contributed by atoms with Crippen LogP contribution < -0.4 is 5.46 Å². The molecule has 6 heterocycles. The van der Waals surface area contributed by atoms with Gasteiger partial charge in [-0.05, 0) is 103 Å². The van der Waals surface area contributed by atoms with Crippen LogP contribution in [-0.4, -0.2) is 35.4 Å². The second-order valence-corrected chi connectivity index (χ2v) is 26.7. The van der Waals surface area contributed by atoms with Gasteiger partial charge in [0, 0.05) is 112 Å². The van der Waals surface area contributed by atoms with E-state index in [1.807, 2.05) is 77.3 Å². The lowest BCUT2D eigenvalue weighted by Crippen LogP contribution is -2.31. The molecule has 0 aliphatic heterocycles. The molecule has 20 aromatic rings. The zero-order valence-electron chi connectivity index (χ0n) is 50.5. The van der Waals surface area contributed by atoms with E-state index in [9.17, 15) is 10.0 Å². The lowest BCUT2D eigenvalue weighted by Gasteiger charge is -2.14. The summed E-state index contributed by atoms with van der Waals surface area (Å²) in [6.45, 7) is 0. The number of halogens is 1. The van der Waals surface area contributed by atoms with Crippen LogP contribution in [0.5, 0.6) is 0 Å². The van der Waals surface area contributed by atoms with Gasteiger partial charge in [-0.25, -0.2) is 0 Å². The van der Waals surface area contributed by atoms with Gasteiger partial charge in [0.25, 0.3) is 0 Å². The second-order valence-electron chi connectivity index (χ2n) is 23.8. The number of rotatable bonds is 6. The number of para-hydroxylation sites is 10. The van der Waals surface area contributed by atoms with Gasteiger partial charge >= 0.3 is 7.12 Å². The van der Waals surface area contributed by atoms with Gasteiger partial charge < -0.3 is 28.3 Å². The van der Waals surface area contributed by atoms with Crippen molar-refractivity contribution < 1.29 is 10.0 Å². The summed E-state index contributed by atoms with van der Waals surface area (Å²) in [4.78, 5) is 0. The standard InChI is InChI=1S/C42H26N2S.C24H14BrNS.C18H14BNO2/c1-3-14-27(15-4-1)43-36-23-10-7-18-29(36)31-21-13-22-32(40(31)43)34-26-35-30-19-9-12-25-38(30)45-42(35)41-39(34)33-20-8-11-24-37(33)44(41)28-16-5-2-6-17-28;25-19-14-18-16-10-5-7-13-21(16)27-24(18)23-22(19)17-11-4-6-12-20(17)26(23)15-8-2-1-3-9-15;21-19(22)16-11-6-10-15-14-9-4-5-12-17(14)20(18(15)16)13-7-2-1-3-8-13/h1-26H;1-14H;1-12,21-22H. The molecular formula is C84H54BBrN4O2S2. The second kappa shape index (κ2) is 22.8. The molecule has 0 aliphatic carbocycles. The van der Waals surface area contributed by atoms with Crippen molar-refractivity contribution >= 4 is 179 Å². The summed E-state index contributed by atoms with van der Waals surface area (Å²) in [5.74, 6) is 0. The summed E-state index contributed by atoms with van der Waals surface area (Å²) in [5.41, 5.74) is 16.9. The van der Waals surface area contributed by atoms with E-state index in [0.29, 0.717) is 5.46 Å². The van der Waals surface area contributed by atoms with Crippen LogP contribution in [-0.2, 0) is 0 Å². The van der Waals surface area contributed by atoms with Crippen molar-refractivity contribution in [1.29, 1.82) is 0 Å². The Kier molecular flexibility index (Phi) is 13.6. The third-order valence-corrected chi connectivity index (χ3v) is 21.6. The molecule has 0 unspecified atom stereocenters. The number of hydrogen-bond acceptors (Lipinski definition) is 4. The van der Waals surface area contributed by atoms with Gasteiger partial charge in [0.2, 0.25) is 0 Å². The number of benzene rings is 14. The lowest BCUT2D eigenvalue weighted by atomic mass is 9.79. The summed E-state index contributed by atoms with van der Waals surface area (Å²) in [7, 11) is -1.50. The normalized spacial score (nSPS) is 11.8. The Labute approximate surface area is 556 Å². The molecule has 14 aromatic carbocycles. The first-order chi connectivity index (χ1) is 46.5. The molecule has 0 amide bonds. The van der Waals surface area contributed by atoms with Crippen molar-refractivity contribution in [3.8, 4) is 33.9 Å². The van der Waals surface area contributed by atoms with Crippen molar-refractivity contribution in [3.05, 3.63) is 320 Å². The van der Waals surface area contributed by atoms with Gasteiger partial charge in [-0.15, -0.1) is 22.7 Å². The third-order valence-electron chi connectivity index (χ3n) is 18.6. The van der Waals surface area contributed by atoms with Gasteiger partial charge in [-0.1, -0.05) is 234 Å². The number of aromatic nitrogens is 4. The molecule has 0 fully saturated rings. The molecule has 0 aliphatic rings. The molecule has 2 N–H and O–H groups in total. The number of hydrogen-bond donors (Lipinski definition) is 2. The van der Waals surface area contributed by atoms with Gasteiger partial charge in [0.05, 0.1) is 53.5 Å². The van der Waals surface area contributed by atoms with Crippen LogP contribution in [0, 0.1) is 0 Å². The molecule has 6 nitrogen and oxygen atoms in total. The number of thiophene rings is 2. The maximum Gasteiger partial charge on any atom is 0.490 e. The van der Waals surface area contributed by atoms with E-state index in [2.05, 4.69) is 289 Å². The fourth-order valence-corrected chi connectivity index (χ4v) is 17.8. The molecular weight excluding hydrogens is 1250 g/mol. The summed E-state index contributed by atoms with van der Waals surface area (Å²) < 4.78 is 15.9. The molecule has 0 radical (unpaired) electrons. The summed E-state index contributed by atoms with van der Waals surface area (Å²) in [5, 5.41) is 34.6. The highest BCUT2D eigenvalue weighted by Gasteiger charge is 2.26. The molecule has 0 saturated heterocycles. The summed E-state index contributed by atoms with van der Waals surface area (Å²) >= 11 is 7.67. The van der Waals surface area contributed by atoms with Crippen LogP contribution in [0.1, 0.15) is 0 Å². The fourth-order valence-electron chi connectivity index (χ4n) is 14.7. The van der Waals surface area contributed by atoms with Gasteiger partial charge in [0.1, 0.15) is 0 Å². The highest BCUT2D eigenvalue weighted by atomic mass is 79.9. The molecule has 444 valence electrons. The minimum Gasteiger partial charge on any atom is -0.423 e. The predicted octanol–water partition coefficient (Wildman–Crippen LogP) is 22.3. The smallest absolute Gasteiger partial charge is 0.423 e. The Hall–Kier alpha value is -10.8. The minimum atomic E-state index is -1.50. The van der Waals surface area contributed by atoms with E-state index in [4.69, 9.17) is 0 Å². The summed E-state index contributed by atoms with van der Waals surface area (Å²) in [6.07, 6.45) is 0. The molecule has 94 heavy (non-hydrogen) atoms. The highest BCUT2D eigenvalue weighted by molar-refractivity contribution is 9.10. The van der Waals surface area contributed by atoms with E-state index in [0.717, 1.165) is 32.0 Å². The highest BCUT2D eigenvalue weighted by Crippen LogP contribution is 2.50. The van der Waals surface area contributed by atoms with Crippen molar-refractivity contribution in [2.24, 2.45) is 0 Å². The van der Waals surface area contributed by atoms with Crippen molar-refractivity contribution in [1.82, 2.24) is 18.3 Å². The third kappa shape index (κ3) is 8.83. The Morgan fingerprint density at radius 1 is 0.266 bits per heavy atom. The van der Waals surface area contributed by atoms with Crippen molar-refractivity contribution in [2.75, 3.05) is 0 Å². The van der Waals surface area contributed by atoms with Crippen LogP contribution in [0.3, 0.4) is 0 Å². The van der Waals surface area contributed by atoms with Crippen molar-refractivity contribution in [3.63, 3.8) is 0 Å². The SMILES string of the molecule is Brc1cc2c3ccccc3sc2c2c1c1ccccc1n2-c1ccccc1.OB(O)c1cccc2c3ccccc3n(-c3ccccc3)c12.c1ccc(-n2c3ccccc3c3cccc(-c4cc5c6ccccc6sc5c5c4c4ccccc4n5-c4ccccc4)c32)cc1. The first kappa shape index (κ1) is 56.0. The first-order valence-corrected chi connectivity index (χ1v) is 33.9. The zero-order valence-corrected chi connectivity index (χ0v) is 53.7. The summed E-state index contributed by atoms with van der Waals surface area (Å²) in [6, 6.07) is 112.